The summed E-state index contributed by atoms with van der Waals surface area (Å²) >= 11 is 1.38. The van der Waals surface area contributed by atoms with Gasteiger partial charge in [0.2, 0.25) is 0 Å². The maximum atomic E-state index is 12.1. The van der Waals surface area contributed by atoms with Gasteiger partial charge in [0.25, 0.3) is 0 Å². The molecule has 8 heteroatoms. The van der Waals surface area contributed by atoms with Crippen LogP contribution in [0.15, 0.2) is 41.8 Å². The normalized spacial score (nSPS) is 10.4. The number of nitrogens with zero attached hydrogens (tertiary/aromatic N) is 1. The van der Waals surface area contributed by atoms with Crippen molar-refractivity contribution in [2.24, 2.45) is 0 Å². The fourth-order valence-corrected chi connectivity index (χ4v) is 3.29. The lowest BCUT2D eigenvalue weighted by molar-refractivity contribution is 0.0465. The first-order valence-corrected chi connectivity index (χ1v) is 8.76. The summed E-state index contributed by atoms with van der Waals surface area (Å²) in [6, 6.07) is 9.16. The van der Waals surface area contributed by atoms with Gasteiger partial charge in [0.15, 0.2) is 11.5 Å². The van der Waals surface area contributed by atoms with E-state index in [1.807, 2.05) is 12.1 Å². The van der Waals surface area contributed by atoms with Gasteiger partial charge in [0.05, 0.1) is 25.5 Å². The van der Waals surface area contributed by atoms with Crippen molar-refractivity contribution in [3.63, 3.8) is 0 Å². The van der Waals surface area contributed by atoms with Gasteiger partial charge in [-0.25, -0.2) is 9.78 Å². The first-order chi connectivity index (χ1) is 13.0. The lowest BCUT2D eigenvalue weighted by Crippen LogP contribution is -2.05. The predicted molar refractivity (Wildman–Crippen MR) is 99.5 cm³/mol. The van der Waals surface area contributed by atoms with Crippen LogP contribution in [0.2, 0.25) is 0 Å². The number of benzene rings is 2. The average Bonchev–Trinajstić information content (AvgIpc) is 3.14. The Morgan fingerprint density at radius 1 is 1.15 bits per heavy atom. The molecule has 1 heterocycles. The SMILES string of the molecule is COc1cccc(-c2nc(COC(=O)c3ccc(O)cc3O)cs2)c1OC. The van der Waals surface area contributed by atoms with Gasteiger partial charge in [-0.05, 0) is 24.3 Å². The molecule has 0 atom stereocenters. The van der Waals surface area contributed by atoms with E-state index in [0.717, 1.165) is 11.6 Å². The van der Waals surface area contributed by atoms with Gasteiger partial charge in [-0.1, -0.05) is 6.07 Å². The Bertz CT molecular complexity index is 969. The van der Waals surface area contributed by atoms with Gasteiger partial charge >= 0.3 is 5.97 Å². The molecule has 3 rings (SSSR count). The summed E-state index contributed by atoms with van der Waals surface area (Å²) in [6.07, 6.45) is 0. The molecule has 0 saturated carbocycles. The Labute approximate surface area is 159 Å². The summed E-state index contributed by atoms with van der Waals surface area (Å²) in [5.74, 6) is -0.0191. The third-order valence-electron chi connectivity index (χ3n) is 3.74. The minimum absolute atomic E-state index is 0.0299. The number of carbonyl (C=O) groups is 1. The molecule has 0 spiro atoms. The van der Waals surface area contributed by atoms with Gasteiger partial charge in [0.1, 0.15) is 28.7 Å². The average molecular weight is 387 g/mol. The molecule has 0 fully saturated rings. The van der Waals surface area contributed by atoms with Crippen molar-refractivity contribution in [3.8, 4) is 33.6 Å². The summed E-state index contributed by atoms with van der Waals surface area (Å²) < 4.78 is 15.9. The topological polar surface area (TPSA) is 98.1 Å². The van der Waals surface area contributed by atoms with E-state index in [0.29, 0.717) is 22.2 Å². The van der Waals surface area contributed by atoms with Crippen molar-refractivity contribution < 1.29 is 29.2 Å². The molecule has 3 aromatic rings. The molecular weight excluding hydrogens is 370 g/mol. The molecule has 1 aromatic heterocycles. The van der Waals surface area contributed by atoms with Crippen LogP contribution in [0.4, 0.5) is 0 Å². The molecule has 27 heavy (non-hydrogen) atoms. The quantitative estimate of drug-likeness (QED) is 0.624. The number of carbonyl (C=O) groups excluding carboxylic acids is 1. The van der Waals surface area contributed by atoms with Gasteiger partial charge < -0.3 is 24.4 Å². The highest BCUT2D eigenvalue weighted by Gasteiger charge is 2.17. The predicted octanol–water partition coefficient (Wildman–Crippen LogP) is 3.60. The number of methoxy groups -OCH3 is 2. The van der Waals surface area contributed by atoms with Crippen LogP contribution in [-0.2, 0) is 11.3 Å². The summed E-state index contributed by atoms with van der Waals surface area (Å²) in [5.41, 5.74) is 1.31. The van der Waals surface area contributed by atoms with Crippen LogP contribution in [0, 0.1) is 0 Å². The molecular formula is C19H17NO6S. The van der Waals surface area contributed by atoms with E-state index in [9.17, 15) is 15.0 Å². The molecule has 0 aliphatic rings. The largest absolute Gasteiger partial charge is 0.508 e. The lowest BCUT2D eigenvalue weighted by Gasteiger charge is -2.10. The molecule has 0 saturated heterocycles. The monoisotopic (exact) mass is 387 g/mol. The molecule has 7 nitrogen and oxygen atoms in total. The number of ether oxygens (including phenoxy) is 3. The van der Waals surface area contributed by atoms with E-state index < -0.39 is 5.97 Å². The zero-order valence-electron chi connectivity index (χ0n) is 14.6. The van der Waals surface area contributed by atoms with Gasteiger partial charge in [-0.15, -0.1) is 11.3 Å². The standard InChI is InChI=1S/C19H17NO6S/c1-24-16-5-3-4-14(17(16)25-2)18-20-11(10-27-18)9-26-19(23)13-7-6-12(21)8-15(13)22/h3-8,10,21-22H,9H2,1-2H3. The molecule has 0 unspecified atom stereocenters. The highest BCUT2D eigenvalue weighted by Crippen LogP contribution is 2.39. The number of esters is 1. The highest BCUT2D eigenvalue weighted by atomic mass is 32.1. The van der Waals surface area contributed by atoms with Crippen LogP contribution in [0.5, 0.6) is 23.0 Å². The third kappa shape index (κ3) is 3.95. The van der Waals surface area contributed by atoms with Crippen molar-refractivity contribution in [1.82, 2.24) is 4.98 Å². The maximum absolute atomic E-state index is 12.1. The molecule has 0 aliphatic carbocycles. The molecule has 140 valence electrons. The summed E-state index contributed by atoms with van der Waals surface area (Å²) in [7, 11) is 3.12. The second-order valence-corrected chi connectivity index (χ2v) is 6.32. The number of aromatic nitrogens is 1. The molecule has 2 aromatic carbocycles. The first kappa shape index (κ1) is 18.5. The van der Waals surface area contributed by atoms with Crippen LogP contribution < -0.4 is 9.47 Å². The van der Waals surface area contributed by atoms with Gasteiger partial charge in [0, 0.05) is 11.4 Å². The number of phenolic OH excluding ortho intramolecular Hbond substituents is 2. The van der Waals surface area contributed by atoms with Crippen molar-refractivity contribution >= 4 is 17.3 Å². The first-order valence-electron chi connectivity index (χ1n) is 7.88. The summed E-state index contributed by atoms with van der Waals surface area (Å²) in [6.45, 7) is -0.0536. The number of rotatable bonds is 6. The molecule has 0 radical (unpaired) electrons. The van der Waals surface area contributed by atoms with Crippen molar-refractivity contribution in [1.29, 1.82) is 0 Å². The Hall–Kier alpha value is -3.26. The second kappa shape index (κ2) is 7.96. The van der Waals surface area contributed by atoms with Crippen molar-refractivity contribution in [2.75, 3.05) is 14.2 Å². The number of thiazole rings is 1. The Kier molecular flexibility index (Phi) is 5.46. The summed E-state index contributed by atoms with van der Waals surface area (Å²) in [4.78, 5) is 16.6. The Morgan fingerprint density at radius 2 is 1.96 bits per heavy atom. The van der Waals surface area contributed by atoms with Crippen LogP contribution in [0.3, 0.4) is 0 Å². The van der Waals surface area contributed by atoms with Crippen LogP contribution in [-0.4, -0.2) is 35.4 Å². The number of hydrogen-bond donors (Lipinski definition) is 2. The Morgan fingerprint density at radius 3 is 2.67 bits per heavy atom. The fraction of sp³-hybridized carbons (Fsp3) is 0.158. The minimum Gasteiger partial charge on any atom is -0.508 e. The van der Waals surface area contributed by atoms with E-state index in [1.165, 1.54) is 23.5 Å². The zero-order chi connectivity index (χ0) is 19.4. The van der Waals surface area contributed by atoms with E-state index in [4.69, 9.17) is 14.2 Å². The molecule has 0 aliphatic heterocycles. The van der Waals surface area contributed by atoms with Gasteiger partial charge in [-0.3, -0.25) is 0 Å². The molecule has 0 bridgehead atoms. The Balaban J connectivity index is 1.74. The van der Waals surface area contributed by atoms with E-state index >= 15 is 0 Å². The van der Waals surface area contributed by atoms with Crippen LogP contribution in [0.1, 0.15) is 16.1 Å². The van der Waals surface area contributed by atoms with Crippen LogP contribution >= 0.6 is 11.3 Å². The number of aromatic hydroxyl groups is 2. The van der Waals surface area contributed by atoms with E-state index in [1.54, 1.807) is 25.7 Å². The lowest BCUT2D eigenvalue weighted by atomic mass is 10.2. The van der Waals surface area contributed by atoms with Gasteiger partial charge in [-0.2, -0.15) is 0 Å². The minimum atomic E-state index is -0.707. The molecule has 0 amide bonds. The fourth-order valence-electron chi connectivity index (χ4n) is 2.46. The van der Waals surface area contributed by atoms with E-state index in [-0.39, 0.29) is 23.7 Å². The van der Waals surface area contributed by atoms with Crippen molar-refractivity contribution in [2.45, 2.75) is 6.61 Å². The highest BCUT2D eigenvalue weighted by molar-refractivity contribution is 7.13. The number of para-hydroxylation sites is 1. The molecule has 2 N–H and O–H groups in total. The number of phenols is 2. The van der Waals surface area contributed by atoms with Crippen molar-refractivity contribution in [3.05, 3.63) is 53.0 Å². The summed E-state index contributed by atoms with van der Waals surface area (Å²) in [5, 5.41) is 21.5. The maximum Gasteiger partial charge on any atom is 0.342 e. The smallest absolute Gasteiger partial charge is 0.342 e. The van der Waals surface area contributed by atoms with Crippen LogP contribution in [0.25, 0.3) is 10.6 Å². The van der Waals surface area contributed by atoms with E-state index in [2.05, 4.69) is 4.98 Å². The second-order valence-electron chi connectivity index (χ2n) is 5.46. The third-order valence-corrected chi connectivity index (χ3v) is 4.66. The number of hydrogen-bond acceptors (Lipinski definition) is 8. The zero-order valence-corrected chi connectivity index (χ0v) is 15.4.